The van der Waals surface area contributed by atoms with E-state index >= 15 is 0 Å². The molecule has 0 radical (unpaired) electrons. The summed E-state index contributed by atoms with van der Waals surface area (Å²) in [6.07, 6.45) is 5.84. The van der Waals surface area contributed by atoms with E-state index in [0.717, 1.165) is 11.3 Å². The lowest BCUT2D eigenvalue weighted by molar-refractivity contribution is 0.155. The minimum absolute atomic E-state index is 0.302. The molecular weight excluding hydrogens is 218 g/mol. The summed E-state index contributed by atoms with van der Waals surface area (Å²) in [5.74, 6) is 0. The van der Waals surface area contributed by atoms with Crippen molar-refractivity contribution >= 4 is 11.3 Å². The van der Waals surface area contributed by atoms with Crippen LogP contribution in [0.25, 0.3) is 0 Å². The summed E-state index contributed by atoms with van der Waals surface area (Å²) < 4.78 is 0. The SMILES string of the molecule is CC(CC(O)c1cccs1)NC1CCCC1. The van der Waals surface area contributed by atoms with E-state index in [1.54, 1.807) is 11.3 Å². The lowest BCUT2D eigenvalue weighted by atomic mass is 10.1. The van der Waals surface area contributed by atoms with Crippen LogP contribution in [0.1, 0.15) is 50.0 Å². The van der Waals surface area contributed by atoms with E-state index in [0.29, 0.717) is 12.1 Å². The summed E-state index contributed by atoms with van der Waals surface area (Å²) in [6.45, 7) is 2.18. The maximum atomic E-state index is 10.0. The van der Waals surface area contributed by atoms with Gasteiger partial charge in [0, 0.05) is 17.0 Å². The molecule has 1 aromatic rings. The maximum absolute atomic E-state index is 10.0. The van der Waals surface area contributed by atoms with Gasteiger partial charge in [-0.1, -0.05) is 18.9 Å². The van der Waals surface area contributed by atoms with Crippen molar-refractivity contribution in [3.8, 4) is 0 Å². The highest BCUT2D eigenvalue weighted by molar-refractivity contribution is 7.10. The standard InChI is InChI=1S/C13H21NOS/c1-10(14-11-5-2-3-6-11)9-12(15)13-7-4-8-16-13/h4,7-8,10-12,14-15H,2-3,5-6,9H2,1H3. The zero-order valence-corrected chi connectivity index (χ0v) is 10.7. The first-order valence-electron chi connectivity index (χ1n) is 6.23. The Morgan fingerprint density at radius 2 is 2.25 bits per heavy atom. The van der Waals surface area contributed by atoms with Gasteiger partial charge in [0.15, 0.2) is 0 Å². The van der Waals surface area contributed by atoms with Gasteiger partial charge in [0.2, 0.25) is 0 Å². The fraction of sp³-hybridized carbons (Fsp3) is 0.692. The first-order chi connectivity index (χ1) is 7.75. The predicted molar refractivity (Wildman–Crippen MR) is 68.7 cm³/mol. The third-order valence-electron chi connectivity index (χ3n) is 3.32. The van der Waals surface area contributed by atoms with Gasteiger partial charge in [0.1, 0.15) is 0 Å². The molecule has 0 aromatic carbocycles. The maximum Gasteiger partial charge on any atom is 0.0896 e. The summed E-state index contributed by atoms with van der Waals surface area (Å²) in [7, 11) is 0. The molecule has 1 aliphatic rings. The fourth-order valence-corrected chi connectivity index (χ4v) is 3.22. The summed E-state index contributed by atoms with van der Waals surface area (Å²) in [6, 6.07) is 5.10. The smallest absolute Gasteiger partial charge is 0.0896 e. The average Bonchev–Trinajstić information content (AvgIpc) is 2.88. The Kier molecular flexibility index (Phi) is 4.38. The van der Waals surface area contributed by atoms with Crippen LogP contribution in [0.3, 0.4) is 0 Å². The van der Waals surface area contributed by atoms with Crippen molar-refractivity contribution in [2.24, 2.45) is 0 Å². The van der Waals surface area contributed by atoms with Gasteiger partial charge in [-0.3, -0.25) is 0 Å². The lowest BCUT2D eigenvalue weighted by Gasteiger charge is -2.21. The van der Waals surface area contributed by atoms with Crippen LogP contribution in [0, 0.1) is 0 Å². The van der Waals surface area contributed by atoms with Gasteiger partial charge in [0.05, 0.1) is 6.10 Å². The van der Waals surface area contributed by atoms with Gasteiger partial charge < -0.3 is 10.4 Å². The number of aliphatic hydroxyl groups excluding tert-OH is 1. The Labute approximate surface area is 102 Å². The van der Waals surface area contributed by atoms with Crippen LogP contribution in [-0.2, 0) is 0 Å². The van der Waals surface area contributed by atoms with Gasteiger partial charge in [-0.25, -0.2) is 0 Å². The van der Waals surface area contributed by atoms with Gasteiger partial charge in [0.25, 0.3) is 0 Å². The van der Waals surface area contributed by atoms with Gasteiger partial charge in [-0.05, 0) is 37.6 Å². The van der Waals surface area contributed by atoms with Crippen molar-refractivity contribution in [2.45, 2.75) is 57.2 Å². The zero-order valence-electron chi connectivity index (χ0n) is 9.86. The topological polar surface area (TPSA) is 32.3 Å². The molecule has 1 saturated carbocycles. The van der Waals surface area contributed by atoms with Crippen molar-refractivity contribution in [3.63, 3.8) is 0 Å². The number of aliphatic hydroxyl groups is 1. The van der Waals surface area contributed by atoms with Crippen molar-refractivity contribution in [1.82, 2.24) is 5.32 Å². The number of thiophene rings is 1. The van der Waals surface area contributed by atoms with Crippen LogP contribution < -0.4 is 5.32 Å². The van der Waals surface area contributed by atoms with Gasteiger partial charge in [-0.15, -0.1) is 11.3 Å². The third kappa shape index (κ3) is 3.30. The van der Waals surface area contributed by atoms with E-state index in [4.69, 9.17) is 0 Å². The molecule has 16 heavy (non-hydrogen) atoms. The van der Waals surface area contributed by atoms with E-state index in [9.17, 15) is 5.11 Å². The van der Waals surface area contributed by atoms with E-state index < -0.39 is 0 Å². The molecule has 2 atom stereocenters. The van der Waals surface area contributed by atoms with E-state index in [1.165, 1.54) is 25.7 Å². The minimum Gasteiger partial charge on any atom is -0.388 e. The second-order valence-electron chi connectivity index (χ2n) is 4.82. The summed E-state index contributed by atoms with van der Waals surface area (Å²) in [4.78, 5) is 1.08. The highest BCUT2D eigenvalue weighted by atomic mass is 32.1. The van der Waals surface area contributed by atoms with Crippen LogP contribution in [0.2, 0.25) is 0 Å². The molecular formula is C13H21NOS. The Balaban J connectivity index is 1.75. The number of hydrogen-bond donors (Lipinski definition) is 2. The van der Waals surface area contributed by atoms with Gasteiger partial charge in [-0.2, -0.15) is 0 Å². The van der Waals surface area contributed by atoms with E-state index in [1.807, 2.05) is 17.5 Å². The highest BCUT2D eigenvalue weighted by Crippen LogP contribution is 2.24. The van der Waals surface area contributed by atoms with Crippen molar-refractivity contribution < 1.29 is 5.11 Å². The Morgan fingerprint density at radius 3 is 2.88 bits per heavy atom. The molecule has 0 bridgehead atoms. The van der Waals surface area contributed by atoms with Crippen molar-refractivity contribution in [3.05, 3.63) is 22.4 Å². The molecule has 2 nitrogen and oxygen atoms in total. The first-order valence-corrected chi connectivity index (χ1v) is 7.11. The summed E-state index contributed by atoms with van der Waals surface area (Å²) in [5.41, 5.74) is 0. The van der Waals surface area contributed by atoms with Gasteiger partial charge >= 0.3 is 0 Å². The van der Waals surface area contributed by atoms with E-state index in [2.05, 4.69) is 12.2 Å². The predicted octanol–water partition coefficient (Wildman–Crippen LogP) is 3.09. The molecule has 0 aliphatic heterocycles. The molecule has 0 amide bonds. The van der Waals surface area contributed by atoms with Crippen LogP contribution in [0.15, 0.2) is 17.5 Å². The largest absolute Gasteiger partial charge is 0.388 e. The molecule has 1 heterocycles. The number of rotatable bonds is 5. The average molecular weight is 239 g/mol. The van der Waals surface area contributed by atoms with Crippen molar-refractivity contribution in [2.75, 3.05) is 0 Å². The third-order valence-corrected chi connectivity index (χ3v) is 4.30. The van der Waals surface area contributed by atoms with Crippen LogP contribution in [-0.4, -0.2) is 17.2 Å². The normalized spacial score (nSPS) is 21.1. The van der Waals surface area contributed by atoms with Crippen molar-refractivity contribution in [1.29, 1.82) is 0 Å². The number of hydrogen-bond acceptors (Lipinski definition) is 3. The Morgan fingerprint density at radius 1 is 1.50 bits per heavy atom. The summed E-state index contributed by atoms with van der Waals surface area (Å²) in [5, 5.41) is 15.7. The molecule has 90 valence electrons. The first kappa shape index (κ1) is 12.1. The Bertz CT molecular complexity index is 293. The molecule has 3 heteroatoms. The fourth-order valence-electron chi connectivity index (χ4n) is 2.49. The second kappa shape index (κ2) is 5.80. The molecule has 2 N–H and O–H groups in total. The van der Waals surface area contributed by atoms with Crippen LogP contribution in [0.5, 0.6) is 0 Å². The number of nitrogens with one attached hydrogen (secondary N) is 1. The summed E-state index contributed by atoms with van der Waals surface area (Å²) >= 11 is 1.64. The molecule has 1 aliphatic carbocycles. The molecule has 1 fully saturated rings. The highest BCUT2D eigenvalue weighted by Gasteiger charge is 2.19. The Hall–Kier alpha value is -0.380. The molecule has 2 unspecified atom stereocenters. The monoisotopic (exact) mass is 239 g/mol. The molecule has 2 rings (SSSR count). The minimum atomic E-state index is -0.302. The lowest BCUT2D eigenvalue weighted by Crippen LogP contribution is -2.35. The quantitative estimate of drug-likeness (QED) is 0.827. The second-order valence-corrected chi connectivity index (χ2v) is 5.80. The molecule has 0 saturated heterocycles. The molecule has 1 aromatic heterocycles. The molecule has 0 spiro atoms. The zero-order chi connectivity index (χ0) is 11.4. The van der Waals surface area contributed by atoms with Crippen LogP contribution >= 0.6 is 11.3 Å². The van der Waals surface area contributed by atoms with Crippen LogP contribution in [0.4, 0.5) is 0 Å². The van der Waals surface area contributed by atoms with E-state index in [-0.39, 0.29) is 6.10 Å².